The minimum absolute atomic E-state index is 0.252. The predicted molar refractivity (Wildman–Crippen MR) is 140 cm³/mol. The molecule has 0 saturated carbocycles. The smallest absolute Gasteiger partial charge is 0.148 e. The number of benzene rings is 3. The molecule has 1 aromatic heterocycles. The maximum Gasteiger partial charge on any atom is 0.148 e. The van der Waals surface area contributed by atoms with E-state index in [0.717, 1.165) is 39.8 Å². The Bertz CT molecular complexity index is 1230. The fourth-order valence-corrected chi connectivity index (χ4v) is 5.24. The first kappa shape index (κ1) is 23.6. The number of ether oxygens (including phenoxy) is 1. The summed E-state index contributed by atoms with van der Waals surface area (Å²) in [6.45, 7) is 6.53. The summed E-state index contributed by atoms with van der Waals surface area (Å²) in [6.07, 6.45) is 0.503. The van der Waals surface area contributed by atoms with Gasteiger partial charge < -0.3 is 9.64 Å². The Morgan fingerprint density at radius 3 is 1.80 bits per heavy atom. The van der Waals surface area contributed by atoms with E-state index in [0.29, 0.717) is 6.61 Å². The summed E-state index contributed by atoms with van der Waals surface area (Å²) in [5, 5.41) is 10.6. The molecular formula is C28H29N3O3S. The Kier molecular flexibility index (Phi) is 7.20. The van der Waals surface area contributed by atoms with E-state index in [4.69, 9.17) is 9.62 Å². The van der Waals surface area contributed by atoms with Gasteiger partial charge in [0.25, 0.3) is 0 Å². The highest BCUT2D eigenvalue weighted by Gasteiger charge is 2.22. The van der Waals surface area contributed by atoms with Gasteiger partial charge in [-0.25, -0.2) is 9.78 Å². The second-order valence-corrected chi connectivity index (χ2v) is 9.80. The Morgan fingerprint density at radius 1 is 0.771 bits per heavy atom. The molecule has 1 aliphatic rings. The molecular weight excluding hydrogens is 458 g/mol. The van der Waals surface area contributed by atoms with Crippen molar-refractivity contribution in [2.45, 2.75) is 32.7 Å². The molecule has 1 aliphatic heterocycles. The predicted octanol–water partition coefficient (Wildman–Crippen LogP) is 6.23. The van der Waals surface area contributed by atoms with Gasteiger partial charge in [0.15, 0.2) is 0 Å². The van der Waals surface area contributed by atoms with Gasteiger partial charge in [-0.15, -0.1) is 10.2 Å². The minimum atomic E-state index is 0.252. The number of anilines is 1. The van der Waals surface area contributed by atoms with Gasteiger partial charge >= 0.3 is 0 Å². The second kappa shape index (κ2) is 10.7. The number of hydrogen-bond acceptors (Lipinski definition) is 7. The van der Waals surface area contributed by atoms with Crippen molar-refractivity contribution in [3.05, 3.63) is 78.4 Å². The topological polar surface area (TPSA) is 56.7 Å². The van der Waals surface area contributed by atoms with E-state index in [-0.39, 0.29) is 12.2 Å². The van der Waals surface area contributed by atoms with Gasteiger partial charge in [-0.3, -0.25) is 0 Å². The summed E-state index contributed by atoms with van der Waals surface area (Å²) >= 11 is 1.59. The molecule has 4 aromatic rings. The standard InChI is InChI=1S/C28H29N3O3S/c1-19-16-31(17-20(2)34-19)26-14-12-23(13-15-26)22-8-10-25(11-9-22)28-30-29-27(35-28)24-6-4-21(5-7-24)18-33-32-3/h4-15,19-20H,16-18H2,1-3H3. The fourth-order valence-electron chi connectivity index (χ4n) is 4.39. The third kappa shape index (κ3) is 5.60. The van der Waals surface area contributed by atoms with Crippen LogP contribution in [-0.2, 0) is 21.1 Å². The van der Waals surface area contributed by atoms with E-state index in [1.165, 1.54) is 23.9 Å². The Labute approximate surface area is 210 Å². The van der Waals surface area contributed by atoms with E-state index < -0.39 is 0 Å². The lowest BCUT2D eigenvalue weighted by molar-refractivity contribution is -0.282. The van der Waals surface area contributed by atoms with E-state index in [1.807, 2.05) is 24.3 Å². The number of hydrogen-bond donors (Lipinski definition) is 0. The van der Waals surface area contributed by atoms with Crippen LogP contribution in [0.5, 0.6) is 0 Å². The van der Waals surface area contributed by atoms with Crippen LogP contribution in [0.4, 0.5) is 5.69 Å². The SMILES string of the molecule is COOCc1ccc(-c2nnc(-c3ccc(-c4ccc(N5CC(C)OC(C)C5)cc4)cc3)s2)cc1. The van der Waals surface area contributed by atoms with Gasteiger partial charge in [0.05, 0.1) is 19.3 Å². The second-order valence-electron chi connectivity index (χ2n) is 8.82. The third-order valence-corrected chi connectivity index (χ3v) is 7.11. The van der Waals surface area contributed by atoms with E-state index in [9.17, 15) is 0 Å². The summed E-state index contributed by atoms with van der Waals surface area (Å²) in [6, 6.07) is 25.4. The molecule has 0 aliphatic carbocycles. The van der Waals surface area contributed by atoms with E-state index in [1.54, 1.807) is 11.3 Å². The molecule has 3 aromatic carbocycles. The average Bonchev–Trinajstić information content (AvgIpc) is 3.38. The van der Waals surface area contributed by atoms with Crippen molar-refractivity contribution in [2.24, 2.45) is 0 Å². The Hall–Kier alpha value is -3.10. The highest BCUT2D eigenvalue weighted by molar-refractivity contribution is 7.17. The van der Waals surface area contributed by atoms with Crippen LogP contribution >= 0.6 is 11.3 Å². The van der Waals surface area contributed by atoms with Gasteiger partial charge in [-0.1, -0.05) is 72.0 Å². The molecule has 7 heteroatoms. The molecule has 0 bridgehead atoms. The van der Waals surface area contributed by atoms with Gasteiger partial charge in [-0.2, -0.15) is 0 Å². The maximum absolute atomic E-state index is 5.86. The van der Waals surface area contributed by atoms with Crippen LogP contribution in [0.15, 0.2) is 72.8 Å². The molecule has 0 amide bonds. The van der Waals surface area contributed by atoms with Crippen LogP contribution in [0.3, 0.4) is 0 Å². The van der Waals surface area contributed by atoms with Gasteiger partial charge in [-0.05, 0) is 42.7 Å². The zero-order valence-electron chi connectivity index (χ0n) is 20.2. The van der Waals surface area contributed by atoms with Crippen molar-refractivity contribution in [1.82, 2.24) is 10.2 Å². The number of aromatic nitrogens is 2. The molecule has 0 spiro atoms. The zero-order valence-corrected chi connectivity index (χ0v) is 21.0. The van der Waals surface area contributed by atoms with Crippen LogP contribution < -0.4 is 4.90 Å². The van der Waals surface area contributed by atoms with Crippen molar-refractivity contribution < 1.29 is 14.5 Å². The molecule has 2 unspecified atom stereocenters. The molecule has 35 heavy (non-hydrogen) atoms. The van der Waals surface area contributed by atoms with E-state index >= 15 is 0 Å². The monoisotopic (exact) mass is 487 g/mol. The molecule has 0 N–H and O–H groups in total. The van der Waals surface area contributed by atoms with Gasteiger partial charge in [0, 0.05) is 29.9 Å². The first-order valence-electron chi connectivity index (χ1n) is 11.8. The first-order valence-corrected chi connectivity index (χ1v) is 12.6. The van der Waals surface area contributed by atoms with Crippen LogP contribution in [0.1, 0.15) is 19.4 Å². The summed E-state index contributed by atoms with van der Waals surface area (Å²) in [5.74, 6) is 0. The van der Waals surface area contributed by atoms with Gasteiger partial charge in [0.2, 0.25) is 0 Å². The summed E-state index contributed by atoms with van der Waals surface area (Å²) in [5.41, 5.74) is 6.77. The lowest BCUT2D eigenvalue weighted by atomic mass is 10.0. The molecule has 0 radical (unpaired) electrons. The summed E-state index contributed by atoms with van der Waals surface area (Å²) in [4.78, 5) is 12.0. The summed E-state index contributed by atoms with van der Waals surface area (Å²) < 4.78 is 5.86. The number of nitrogens with zero attached hydrogens (tertiary/aromatic N) is 3. The Morgan fingerprint density at radius 2 is 1.26 bits per heavy atom. The van der Waals surface area contributed by atoms with Crippen molar-refractivity contribution in [2.75, 3.05) is 25.1 Å². The zero-order chi connectivity index (χ0) is 24.2. The van der Waals surface area contributed by atoms with Crippen molar-refractivity contribution >= 4 is 17.0 Å². The quantitative estimate of drug-likeness (QED) is 0.227. The van der Waals surface area contributed by atoms with Crippen molar-refractivity contribution in [3.8, 4) is 32.3 Å². The molecule has 1 saturated heterocycles. The van der Waals surface area contributed by atoms with Crippen molar-refractivity contribution in [3.63, 3.8) is 0 Å². The summed E-state index contributed by atoms with van der Waals surface area (Å²) in [7, 11) is 1.51. The molecule has 6 nitrogen and oxygen atoms in total. The van der Waals surface area contributed by atoms with Gasteiger partial charge in [0.1, 0.15) is 16.6 Å². The highest BCUT2D eigenvalue weighted by atomic mass is 32.1. The van der Waals surface area contributed by atoms with Crippen molar-refractivity contribution in [1.29, 1.82) is 0 Å². The first-order chi connectivity index (χ1) is 17.1. The van der Waals surface area contributed by atoms with Crippen LogP contribution in [0.25, 0.3) is 32.3 Å². The molecule has 1 fully saturated rings. The van der Waals surface area contributed by atoms with Crippen LogP contribution in [-0.4, -0.2) is 42.6 Å². The fraction of sp³-hybridized carbons (Fsp3) is 0.286. The highest BCUT2D eigenvalue weighted by Crippen LogP contribution is 2.32. The van der Waals surface area contributed by atoms with Crippen LogP contribution in [0, 0.1) is 0 Å². The lowest BCUT2D eigenvalue weighted by Crippen LogP contribution is -2.45. The number of rotatable bonds is 7. The molecule has 5 rings (SSSR count). The molecule has 180 valence electrons. The van der Waals surface area contributed by atoms with E-state index in [2.05, 4.69) is 82.4 Å². The Balaban J connectivity index is 1.27. The lowest BCUT2D eigenvalue weighted by Gasteiger charge is -2.36. The van der Waals surface area contributed by atoms with Crippen LogP contribution in [0.2, 0.25) is 0 Å². The average molecular weight is 488 g/mol. The third-order valence-electron chi connectivity index (χ3n) is 6.09. The minimum Gasteiger partial charge on any atom is -0.372 e. The largest absolute Gasteiger partial charge is 0.372 e. The molecule has 2 heterocycles. The number of morpholine rings is 1. The molecule has 2 atom stereocenters. The normalized spacial score (nSPS) is 18.1. The maximum atomic E-state index is 5.86.